The van der Waals surface area contributed by atoms with E-state index in [0.717, 1.165) is 50.8 Å². The highest BCUT2D eigenvalue weighted by Gasteiger charge is 2.14. The van der Waals surface area contributed by atoms with Crippen LogP contribution in [0.5, 0.6) is 11.5 Å². The van der Waals surface area contributed by atoms with Gasteiger partial charge in [0.1, 0.15) is 24.7 Å². The van der Waals surface area contributed by atoms with Gasteiger partial charge >= 0.3 is 0 Å². The third-order valence-corrected chi connectivity index (χ3v) is 5.18. The zero-order valence-corrected chi connectivity index (χ0v) is 18.2. The first kappa shape index (κ1) is 23.1. The van der Waals surface area contributed by atoms with Gasteiger partial charge in [-0.1, -0.05) is 24.3 Å². The molecule has 1 saturated heterocycles. The number of ether oxygens (including phenoxy) is 2. The zero-order valence-electron chi connectivity index (χ0n) is 18.2. The first-order chi connectivity index (χ1) is 15.8. The van der Waals surface area contributed by atoms with Gasteiger partial charge in [0.25, 0.3) is 0 Å². The molecule has 3 rings (SSSR count). The van der Waals surface area contributed by atoms with Gasteiger partial charge in [-0.2, -0.15) is 10.5 Å². The molecule has 2 aromatic carbocycles. The predicted octanol–water partition coefficient (Wildman–Crippen LogP) is 3.62. The lowest BCUT2D eigenvalue weighted by atomic mass is 10.2. The molecule has 1 aliphatic heterocycles. The summed E-state index contributed by atoms with van der Waals surface area (Å²) in [5.41, 5.74) is 1.28. The quantitative estimate of drug-likeness (QED) is 0.538. The fourth-order valence-electron chi connectivity index (χ4n) is 3.28. The SMILES string of the molecule is N#Cc1ccc(OCC=CCN2CCN(CC=CCOc3ccc(C#N)cc3)CC2)cc1. The molecule has 1 aliphatic rings. The predicted molar refractivity (Wildman–Crippen MR) is 124 cm³/mol. The topological polar surface area (TPSA) is 72.5 Å². The Kier molecular flexibility index (Phi) is 9.36. The molecule has 164 valence electrons. The van der Waals surface area contributed by atoms with Crippen molar-refractivity contribution in [1.82, 2.24) is 9.80 Å². The Hall–Kier alpha value is -3.58. The van der Waals surface area contributed by atoms with Crippen LogP contribution in [0.15, 0.2) is 72.8 Å². The van der Waals surface area contributed by atoms with Crippen molar-refractivity contribution in [1.29, 1.82) is 10.5 Å². The number of nitriles is 2. The second kappa shape index (κ2) is 13.0. The Labute approximate surface area is 190 Å². The second-order valence-corrected chi connectivity index (χ2v) is 7.44. The van der Waals surface area contributed by atoms with E-state index >= 15 is 0 Å². The molecule has 1 heterocycles. The van der Waals surface area contributed by atoms with Gasteiger partial charge in [0, 0.05) is 39.3 Å². The van der Waals surface area contributed by atoms with Gasteiger partial charge in [-0.15, -0.1) is 0 Å². The maximum absolute atomic E-state index is 8.81. The van der Waals surface area contributed by atoms with E-state index in [1.54, 1.807) is 24.3 Å². The third kappa shape index (κ3) is 7.92. The van der Waals surface area contributed by atoms with Crippen molar-refractivity contribution < 1.29 is 9.47 Å². The minimum absolute atomic E-state index is 0.529. The molecular weight excluding hydrogens is 400 g/mol. The number of piperazine rings is 1. The number of hydrogen-bond acceptors (Lipinski definition) is 6. The third-order valence-electron chi connectivity index (χ3n) is 5.18. The maximum atomic E-state index is 8.81. The lowest BCUT2D eigenvalue weighted by Gasteiger charge is -2.33. The standard InChI is InChI=1S/C26H28N4O2/c27-21-23-5-9-25(10-6-23)31-19-3-1-13-29-15-17-30(18-16-29)14-2-4-20-32-26-11-7-24(22-28)8-12-26/h1-12H,13-20H2. The molecule has 0 saturated carbocycles. The monoisotopic (exact) mass is 428 g/mol. The van der Waals surface area contributed by atoms with E-state index in [2.05, 4.69) is 34.1 Å². The van der Waals surface area contributed by atoms with Crippen molar-refractivity contribution in [2.75, 3.05) is 52.5 Å². The van der Waals surface area contributed by atoms with Crippen molar-refractivity contribution in [3.63, 3.8) is 0 Å². The number of nitrogens with zero attached hydrogens (tertiary/aromatic N) is 4. The van der Waals surface area contributed by atoms with Crippen molar-refractivity contribution in [3.05, 3.63) is 84.0 Å². The maximum Gasteiger partial charge on any atom is 0.119 e. The van der Waals surface area contributed by atoms with Crippen LogP contribution in [-0.2, 0) is 0 Å². The molecule has 32 heavy (non-hydrogen) atoms. The molecule has 0 aliphatic carbocycles. The van der Waals surface area contributed by atoms with Gasteiger partial charge < -0.3 is 9.47 Å². The Morgan fingerprint density at radius 1 is 0.625 bits per heavy atom. The molecule has 0 aromatic heterocycles. The van der Waals surface area contributed by atoms with Crippen LogP contribution < -0.4 is 9.47 Å². The van der Waals surface area contributed by atoms with Crippen LogP contribution in [0.2, 0.25) is 0 Å². The molecule has 0 amide bonds. The minimum Gasteiger partial charge on any atom is -0.490 e. The van der Waals surface area contributed by atoms with Gasteiger partial charge in [0.15, 0.2) is 0 Å². The molecule has 1 fully saturated rings. The number of benzene rings is 2. The minimum atomic E-state index is 0.529. The van der Waals surface area contributed by atoms with Crippen LogP contribution in [0.4, 0.5) is 0 Å². The normalized spacial score (nSPS) is 14.9. The fraction of sp³-hybridized carbons (Fsp3) is 0.308. The number of rotatable bonds is 10. The van der Waals surface area contributed by atoms with E-state index in [1.165, 1.54) is 0 Å². The average Bonchev–Trinajstić information content (AvgIpc) is 2.85. The molecule has 0 spiro atoms. The summed E-state index contributed by atoms with van der Waals surface area (Å²) in [4.78, 5) is 4.87. The highest BCUT2D eigenvalue weighted by molar-refractivity contribution is 5.35. The molecule has 0 radical (unpaired) electrons. The van der Waals surface area contributed by atoms with Crippen LogP contribution in [0.1, 0.15) is 11.1 Å². The Balaban J connectivity index is 1.24. The van der Waals surface area contributed by atoms with Crippen LogP contribution in [0.3, 0.4) is 0 Å². The largest absolute Gasteiger partial charge is 0.490 e. The summed E-state index contributed by atoms with van der Waals surface area (Å²) in [6.45, 7) is 7.12. The smallest absolute Gasteiger partial charge is 0.119 e. The fourth-order valence-corrected chi connectivity index (χ4v) is 3.28. The highest BCUT2D eigenvalue weighted by atomic mass is 16.5. The summed E-state index contributed by atoms with van der Waals surface area (Å²) >= 11 is 0. The molecule has 0 N–H and O–H groups in total. The number of hydrogen-bond donors (Lipinski definition) is 0. The van der Waals surface area contributed by atoms with E-state index < -0.39 is 0 Å². The Morgan fingerprint density at radius 2 is 1.00 bits per heavy atom. The van der Waals surface area contributed by atoms with Gasteiger partial charge in [-0.25, -0.2) is 0 Å². The lowest BCUT2D eigenvalue weighted by molar-refractivity contribution is 0.153. The Morgan fingerprint density at radius 3 is 1.34 bits per heavy atom. The van der Waals surface area contributed by atoms with E-state index in [-0.39, 0.29) is 0 Å². The average molecular weight is 429 g/mol. The summed E-state index contributed by atoms with van der Waals surface area (Å²) in [7, 11) is 0. The van der Waals surface area contributed by atoms with Crippen molar-refractivity contribution in [3.8, 4) is 23.6 Å². The summed E-state index contributed by atoms with van der Waals surface area (Å²) in [5, 5.41) is 17.6. The van der Waals surface area contributed by atoms with Crippen LogP contribution in [0.25, 0.3) is 0 Å². The summed E-state index contributed by atoms with van der Waals surface area (Å²) in [5.74, 6) is 1.55. The zero-order chi connectivity index (χ0) is 22.4. The van der Waals surface area contributed by atoms with Gasteiger partial charge in [0.2, 0.25) is 0 Å². The van der Waals surface area contributed by atoms with E-state index in [9.17, 15) is 0 Å². The highest BCUT2D eigenvalue weighted by Crippen LogP contribution is 2.12. The molecule has 2 aromatic rings. The van der Waals surface area contributed by atoms with Crippen molar-refractivity contribution in [2.45, 2.75) is 0 Å². The van der Waals surface area contributed by atoms with Gasteiger partial charge in [0.05, 0.1) is 23.3 Å². The van der Waals surface area contributed by atoms with E-state index in [1.807, 2.05) is 36.4 Å². The first-order valence-electron chi connectivity index (χ1n) is 10.8. The van der Waals surface area contributed by atoms with Gasteiger partial charge in [-0.05, 0) is 48.5 Å². The van der Waals surface area contributed by atoms with Crippen LogP contribution >= 0.6 is 0 Å². The van der Waals surface area contributed by atoms with Crippen LogP contribution in [0, 0.1) is 22.7 Å². The van der Waals surface area contributed by atoms with E-state index in [4.69, 9.17) is 20.0 Å². The molecular formula is C26H28N4O2. The van der Waals surface area contributed by atoms with E-state index in [0.29, 0.717) is 24.3 Å². The first-order valence-corrected chi connectivity index (χ1v) is 10.8. The van der Waals surface area contributed by atoms with Crippen molar-refractivity contribution >= 4 is 0 Å². The molecule has 0 unspecified atom stereocenters. The second-order valence-electron chi connectivity index (χ2n) is 7.44. The van der Waals surface area contributed by atoms with Gasteiger partial charge in [-0.3, -0.25) is 9.80 Å². The molecule has 0 bridgehead atoms. The Bertz CT molecular complexity index is 879. The summed E-state index contributed by atoms with van der Waals surface area (Å²) < 4.78 is 11.3. The molecule has 0 atom stereocenters. The lowest BCUT2D eigenvalue weighted by Crippen LogP contribution is -2.46. The van der Waals surface area contributed by atoms with Crippen molar-refractivity contribution in [2.24, 2.45) is 0 Å². The summed E-state index contributed by atoms with van der Waals surface area (Å²) in [6.07, 6.45) is 8.39. The molecule has 6 heteroatoms. The van der Waals surface area contributed by atoms with Crippen LogP contribution in [-0.4, -0.2) is 62.3 Å². The molecule has 6 nitrogen and oxygen atoms in total. The summed E-state index contributed by atoms with van der Waals surface area (Å²) in [6, 6.07) is 18.5.